The van der Waals surface area contributed by atoms with E-state index in [2.05, 4.69) is 11.9 Å². The second kappa shape index (κ2) is 7.89. The minimum atomic E-state index is -4.87. The molecule has 0 aliphatic carbocycles. The predicted molar refractivity (Wildman–Crippen MR) is 107 cm³/mol. The summed E-state index contributed by atoms with van der Waals surface area (Å²) in [4.78, 5) is 1.04. The number of halogens is 2. The Bertz CT molecular complexity index is 1160. The largest absolute Gasteiger partial charge is 0.530 e. The first-order chi connectivity index (χ1) is 15.6. The zero-order valence-corrected chi connectivity index (χ0v) is 17.6. The molecule has 1 aromatic carbocycles. The number of hydrogen-bond acceptors (Lipinski definition) is 9. The van der Waals surface area contributed by atoms with E-state index in [0.29, 0.717) is 5.57 Å². The second-order valence-electron chi connectivity index (χ2n) is 6.82. The number of fused-ring (bicyclic) bond motifs is 1. The number of aliphatic hydroxyl groups is 2. The summed E-state index contributed by atoms with van der Waals surface area (Å²) in [6, 6.07) is 3.10. The van der Waals surface area contributed by atoms with Gasteiger partial charge in [-0.25, -0.2) is 13.3 Å². The third-order valence-corrected chi connectivity index (χ3v) is 6.16. The SMILES string of the molecule is [2H]C([2H])(OP1(=O)OCc2cc(F)ccc2O1)[C@@]1(F)O[C@@]([2H])(N2C=C(C)C(=S)NC2=C)[C@H](O)[C@@H]1O. The number of alkyl halides is 1. The summed E-state index contributed by atoms with van der Waals surface area (Å²) in [6.07, 6.45) is -6.73. The fourth-order valence-corrected chi connectivity index (χ4v) is 4.17. The van der Waals surface area contributed by atoms with Crippen LogP contribution in [-0.4, -0.2) is 50.9 Å². The first-order valence-electron chi connectivity index (χ1n) is 10.3. The number of thiocarbonyl (C=S) groups is 1. The highest BCUT2D eigenvalue weighted by molar-refractivity contribution is 7.80. The summed E-state index contributed by atoms with van der Waals surface area (Å²) in [7, 11) is -4.87. The van der Waals surface area contributed by atoms with Gasteiger partial charge in [0.25, 0.3) is 5.85 Å². The Kier molecular flexibility index (Phi) is 4.74. The van der Waals surface area contributed by atoms with Gasteiger partial charge in [0.2, 0.25) is 0 Å². The van der Waals surface area contributed by atoms with Gasteiger partial charge in [-0.1, -0.05) is 18.8 Å². The first-order valence-corrected chi connectivity index (χ1v) is 10.7. The standard InChI is InChI=1S/C18H19F2N2O7PS/c1-9-6-22(10(2)21-16(9)31)17-14(23)15(24)18(20,28-17)8-27-30(25)26-7-11-5-12(19)3-4-13(11)29-30/h3-6,14-15,17,23-24H,2,7-8H2,1H3,(H,21,31)/t14-,15+,17-,18-,30?/m1/s1/i8D2,17D. The van der Waals surface area contributed by atoms with Crippen LogP contribution < -0.4 is 9.84 Å². The second-order valence-corrected chi connectivity index (χ2v) is 8.74. The topological polar surface area (TPSA) is 110 Å². The maximum absolute atomic E-state index is 15.9. The van der Waals surface area contributed by atoms with Crippen LogP contribution in [0.25, 0.3) is 0 Å². The first kappa shape index (κ1) is 18.6. The van der Waals surface area contributed by atoms with Gasteiger partial charge < -0.3 is 29.7 Å². The van der Waals surface area contributed by atoms with Crippen molar-refractivity contribution in [1.29, 1.82) is 0 Å². The number of nitrogens with zero attached hydrogens (tertiary/aromatic N) is 1. The van der Waals surface area contributed by atoms with E-state index >= 15 is 4.39 Å². The summed E-state index contributed by atoms with van der Waals surface area (Å²) in [5.41, 5.74) is 0.512. The van der Waals surface area contributed by atoms with Crippen molar-refractivity contribution >= 4 is 25.0 Å². The van der Waals surface area contributed by atoms with Gasteiger partial charge in [0.15, 0.2) is 6.20 Å². The lowest BCUT2D eigenvalue weighted by Gasteiger charge is -2.35. The molecule has 3 heterocycles. The highest BCUT2D eigenvalue weighted by atomic mass is 32.1. The van der Waals surface area contributed by atoms with Gasteiger partial charge in [-0.3, -0.25) is 9.05 Å². The molecule has 0 spiro atoms. The molecule has 0 saturated carbocycles. The monoisotopic (exact) mass is 479 g/mol. The smallest absolute Gasteiger partial charge is 0.404 e. The molecule has 0 aromatic heterocycles. The number of benzene rings is 1. The molecule has 3 aliphatic rings. The zero-order chi connectivity index (χ0) is 25.3. The lowest BCUT2D eigenvalue weighted by molar-refractivity contribution is -0.207. The predicted octanol–water partition coefficient (Wildman–Crippen LogP) is 2.21. The Morgan fingerprint density at radius 1 is 1.58 bits per heavy atom. The number of phosphoric acid groups is 1. The minimum absolute atomic E-state index is 0.127. The molecule has 1 saturated heterocycles. The van der Waals surface area contributed by atoms with Crippen LogP contribution in [-0.2, 0) is 25.0 Å². The average Bonchev–Trinajstić information content (AvgIpc) is 2.92. The Hall–Kier alpha value is -1.92. The van der Waals surface area contributed by atoms with Crippen LogP contribution in [0.5, 0.6) is 5.75 Å². The maximum Gasteiger partial charge on any atom is 0.530 e. The molecule has 0 radical (unpaired) electrons. The molecule has 9 nitrogen and oxygen atoms in total. The third kappa shape index (κ3) is 4.12. The van der Waals surface area contributed by atoms with E-state index in [4.69, 9.17) is 34.6 Å². The van der Waals surface area contributed by atoms with Crippen LogP contribution in [0.1, 0.15) is 16.6 Å². The molecule has 3 N–H and O–H groups in total. The van der Waals surface area contributed by atoms with Gasteiger partial charge in [0, 0.05) is 17.3 Å². The van der Waals surface area contributed by atoms with E-state index in [9.17, 15) is 19.2 Å². The summed E-state index contributed by atoms with van der Waals surface area (Å²) in [5.74, 6) is -4.86. The molecule has 31 heavy (non-hydrogen) atoms. The molecule has 0 bridgehead atoms. The van der Waals surface area contributed by atoms with Gasteiger partial charge in [-0.05, 0) is 25.1 Å². The number of aliphatic hydroxyl groups excluding tert-OH is 2. The van der Waals surface area contributed by atoms with Crippen LogP contribution in [0.4, 0.5) is 8.78 Å². The summed E-state index contributed by atoms with van der Waals surface area (Å²) in [5, 5.41) is 23.5. The van der Waals surface area contributed by atoms with Gasteiger partial charge in [0.1, 0.15) is 41.1 Å². The maximum atomic E-state index is 15.9. The average molecular weight is 479 g/mol. The molecule has 168 valence electrons. The molecule has 1 unspecified atom stereocenters. The van der Waals surface area contributed by atoms with Crippen LogP contribution in [0.2, 0.25) is 0 Å². The Morgan fingerprint density at radius 2 is 2.32 bits per heavy atom. The van der Waals surface area contributed by atoms with Crippen molar-refractivity contribution in [3.8, 4) is 5.75 Å². The number of hydrogen-bond donors (Lipinski definition) is 3. The molecule has 3 aliphatic heterocycles. The number of ether oxygens (including phenoxy) is 1. The molecule has 13 heteroatoms. The molecular weight excluding hydrogens is 457 g/mol. The molecule has 0 amide bonds. The number of rotatable bonds is 4. The highest BCUT2D eigenvalue weighted by Gasteiger charge is 2.58. The fraction of sp³-hybridized carbons (Fsp3) is 0.389. The Labute approximate surface area is 185 Å². The van der Waals surface area contributed by atoms with Crippen LogP contribution in [0.3, 0.4) is 0 Å². The van der Waals surface area contributed by atoms with Gasteiger partial charge in [-0.2, -0.15) is 0 Å². The third-order valence-electron chi connectivity index (χ3n) is 4.56. The van der Waals surface area contributed by atoms with E-state index in [1.165, 1.54) is 13.1 Å². The van der Waals surface area contributed by atoms with Crippen molar-refractivity contribution in [2.75, 3.05) is 6.56 Å². The number of nitrogens with one attached hydrogen (secondary N) is 1. The fourth-order valence-electron chi connectivity index (χ4n) is 2.91. The van der Waals surface area contributed by atoms with E-state index in [0.717, 1.165) is 23.1 Å². The van der Waals surface area contributed by atoms with Gasteiger partial charge >= 0.3 is 7.82 Å². The van der Waals surface area contributed by atoms with E-state index in [1.807, 2.05) is 0 Å². The van der Waals surface area contributed by atoms with E-state index in [1.54, 1.807) is 0 Å². The van der Waals surface area contributed by atoms with Crippen molar-refractivity contribution < 1.29 is 46.0 Å². The molecule has 1 aromatic rings. The van der Waals surface area contributed by atoms with Crippen molar-refractivity contribution in [3.05, 3.63) is 53.8 Å². The minimum Gasteiger partial charge on any atom is -0.404 e. The lowest BCUT2D eigenvalue weighted by atomic mass is 10.1. The van der Waals surface area contributed by atoms with Gasteiger partial charge in [-0.15, -0.1) is 0 Å². The molecular formula is C18H19F2N2O7PS. The highest BCUT2D eigenvalue weighted by Crippen LogP contribution is 2.55. The van der Waals surface area contributed by atoms with Crippen molar-refractivity contribution in [1.82, 2.24) is 10.2 Å². The summed E-state index contributed by atoms with van der Waals surface area (Å²) >= 11 is 5.05. The van der Waals surface area contributed by atoms with E-state index in [-0.39, 0.29) is 22.1 Å². The van der Waals surface area contributed by atoms with Crippen molar-refractivity contribution in [3.63, 3.8) is 0 Å². The lowest BCUT2D eigenvalue weighted by Crippen LogP contribution is -2.47. The normalized spacial score (nSPS) is 39.6. The Morgan fingerprint density at radius 3 is 3.06 bits per heavy atom. The molecule has 5 atom stereocenters. The number of phosphoric ester groups is 1. The van der Waals surface area contributed by atoms with Crippen molar-refractivity contribution in [2.24, 2.45) is 0 Å². The van der Waals surface area contributed by atoms with Crippen molar-refractivity contribution in [2.45, 2.75) is 37.8 Å². The summed E-state index contributed by atoms with van der Waals surface area (Å²) in [6.45, 7) is 0.833. The van der Waals surface area contributed by atoms with E-state index < -0.39 is 51.1 Å². The zero-order valence-electron chi connectivity index (χ0n) is 18.9. The van der Waals surface area contributed by atoms with Crippen LogP contribution >= 0.6 is 20.0 Å². The quantitative estimate of drug-likeness (QED) is 0.439. The van der Waals surface area contributed by atoms with Crippen LogP contribution in [0, 0.1) is 5.82 Å². The molecule has 4 rings (SSSR count). The Balaban J connectivity index is 1.63. The summed E-state index contributed by atoms with van der Waals surface area (Å²) < 4.78 is 86.3. The van der Waals surface area contributed by atoms with Crippen LogP contribution in [0.15, 0.2) is 42.4 Å². The van der Waals surface area contributed by atoms with Gasteiger partial charge in [0.05, 0.1) is 10.7 Å². The molecule has 1 fully saturated rings.